The first-order valence-corrected chi connectivity index (χ1v) is 12.2. The Hall–Kier alpha value is -2.96. The van der Waals surface area contributed by atoms with Gasteiger partial charge in [0.2, 0.25) is 0 Å². The lowest BCUT2D eigenvalue weighted by molar-refractivity contribution is -0.151. The van der Waals surface area contributed by atoms with Crippen LogP contribution in [-0.2, 0) is 22.6 Å². The van der Waals surface area contributed by atoms with Gasteiger partial charge in [0.25, 0.3) is 5.91 Å². The predicted molar refractivity (Wildman–Crippen MR) is 135 cm³/mol. The number of benzene rings is 2. The average Bonchev–Trinajstić information content (AvgIpc) is 2.84. The van der Waals surface area contributed by atoms with Gasteiger partial charge in [0.15, 0.2) is 0 Å². The Labute approximate surface area is 202 Å². The van der Waals surface area contributed by atoms with Crippen LogP contribution in [0.2, 0.25) is 0 Å². The zero-order chi connectivity index (χ0) is 23.9. The van der Waals surface area contributed by atoms with Crippen molar-refractivity contribution in [1.29, 1.82) is 0 Å². The quantitative estimate of drug-likeness (QED) is 0.469. The molecule has 34 heavy (non-hydrogen) atoms. The molecule has 0 N–H and O–H groups in total. The minimum absolute atomic E-state index is 0.0581. The van der Waals surface area contributed by atoms with Crippen LogP contribution in [-0.4, -0.2) is 59.6 Å². The van der Waals surface area contributed by atoms with E-state index in [9.17, 15) is 4.79 Å². The molecule has 0 radical (unpaired) electrons. The minimum Gasteiger partial charge on any atom is -0.494 e. The summed E-state index contributed by atoms with van der Waals surface area (Å²) in [6.45, 7) is 10.8. The summed E-state index contributed by atoms with van der Waals surface area (Å²) >= 11 is 0. The van der Waals surface area contributed by atoms with E-state index < -0.39 is 6.10 Å². The third kappa shape index (κ3) is 6.13. The van der Waals surface area contributed by atoms with Gasteiger partial charge in [-0.2, -0.15) is 0 Å². The summed E-state index contributed by atoms with van der Waals surface area (Å²) < 4.78 is 11.8. The molecule has 0 spiro atoms. The molecule has 0 saturated carbocycles. The number of fused-ring (bicyclic) bond motifs is 1. The number of carbonyl (C=O) groups is 1. The van der Waals surface area contributed by atoms with Gasteiger partial charge < -0.3 is 14.4 Å². The van der Waals surface area contributed by atoms with Crippen LogP contribution in [0.1, 0.15) is 31.9 Å². The van der Waals surface area contributed by atoms with Crippen LogP contribution in [0.25, 0.3) is 10.9 Å². The summed E-state index contributed by atoms with van der Waals surface area (Å²) in [7, 11) is 0. The average molecular weight is 462 g/mol. The van der Waals surface area contributed by atoms with Gasteiger partial charge >= 0.3 is 0 Å². The Kier molecular flexibility index (Phi) is 8.14. The highest BCUT2D eigenvalue weighted by Gasteiger charge is 2.31. The molecule has 2 aromatic carbocycles. The van der Waals surface area contributed by atoms with Crippen molar-refractivity contribution in [1.82, 2.24) is 14.8 Å². The number of carbonyl (C=O) groups excluding carboxylic acids is 1. The summed E-state index contributed by atoms with van der Waals surface area (Å²) in [5, 5.41) is 1.09. The van der Waals surface area contributed by atoms with Crippen molar-refractivity contribution in [2.75, 3.05) is 32.8 Å². The number of amides is 1. The van der Waals surface area contributed by atoms with Gasteiger partial charge in [-0.15, -0.1) is 0 Å². The second-order valence-corrected chi connectivity index (χ2v) is 9.28. The number of nitrogens with zero attached hydrogens (tertiary/aromatic N) is 3. The molecule has 1 saturated heterocycles. The Morgan fingerprint density at radius 3 is 2.88 bits per heavy atom. The normalized spacial score (nSPS) is 16.6. The van der Waals surface area contributed by atoms with E-state index in [-0.39, 0.29) is 5.91 Å². The summed E-state index contributed by atoms with van der Waals surface area (Å²) in [4.78, 5) is 22.2. The van der Waals surface area contributed by atoms with E-state index in [2.05, 4.69) is 48.0 Å². The molecule has 2 heterocycles. The molecule has 180 valence electrons. The van der Waals surface area contributed by atoms with Gasteiger partial charge in [-0.05, 0) is 42.7 Å². The van der Waals surface area contributed by atoms with Gasteiger partial charge in [0, 0.05) is 49.9 Å². The number of hydrogen-bond acceptors (Lipinski definition) is 5. The monoisotopic (exact) mass is 461 g/mol. The smallest absolute Gasteiger partial charge is 0.253 e. The van der Waals surface area contributed by atoms with Crippen LogP contribution in [0, 0.1) is 5.92 Å². The predicted octanol–water partition coefficient (Wildman–Crippen LogP) is 4.52. The highest BCUT2D eigenvalue weighted by molar-refractivity contribution is 5.82. The second kappa shape index (κ2) is 11.4. The molecule has 0 aliphatic carbocycles. The number of ether oxygens (including phenoxy) is 2. The van der Waals surface area contributed by atoms with E-state index in [1.807, 2.05) is 42.2 Å². The first-order valence-electron chi connectivity index (χ1n) is 12.2. The summed E-state index contributed by atoms with van der Waals surface area (Å²) in [6.07, 6.45) is 1.34. The van der Waals surface area contributed by atoms with Crippen molar-refractivity contribution < 1.29 is 14.3 Å². The molecule has 3 aromatic rings. The molecule has 1 aliphatic rings. The largest absolute Gasteiger partial charge is 0.494 e. The molecule has 6 heteroatoms. The van der Waals surface area contributed by atoms with Crippen molar-refractivity contribution in [2.24, 2.45) is 5.92 Å². The van der Waals surface area contributed by atoms with Crippen LogP contribution in [0.4, 0.5) is 0 Å². The van der Waals surface area contributed by atoms with Crippen LogP contribution >= 0.6 is 0 Å². The van der Waals surface area contributed by atoms with Crippen molar-refractivity contribution >= 4 is 16.8 Å². The Bertz CT molecular complexity index is 1100. The zero-order valence-electron chi connectivity index (χ0n) is 20.4. The standard InChI is InChI=1S/C28H35N3O3/c1-4-33-26-10-6-5-8-24(26)19-30-14-15-34-27(20-30)28(32)31(17-21(2)3)18-22-11-12-25-23(16-22)9-7-13-29-25/h5-13,16,21,27H,4,14-15,17-20H2,1-3H3/t27-/m1/s1. The number of morpholine rings is 1. The molecule has 4 rings (SSSR count). The highest BCUT2D eigenvalue weighted by Crippen LogP contribution is 2.22. The first-order chi connectivity index (χ1) is 16.5. The number of hydrogen-bond donors (Lipinski definition) is 0. The second-order valence-electron chi connectivity index (χ2n) is 9.28. The Balaban J connectivity index is 1.46. The zero-order valence-corrected chi connectivity index (χ0v) is 20.4. The lowest BCUT2D eigenvalue weighted by Gasteiger charge is -2.35. The fraction of sp³-hybridized carbons (Fsp3) is 0.429. The Morgan fingerprint density at radius 2 is 2.06 bits per heavy atom. The van der Waals surface area contributed by atoms with Crippen molar-refractivity contribution in [2.45, 2.75) is 40.0 Å². The van der Waals surface area contributed by atoms with Crippen molar-refractivity contribution in [3.63, 3.8) is 0 Å². The van der Waals surface area contributed by atoms with E-state index in [0.29, 0.717) is 38.8 Å². The minimum atomic E-state index is -0.464. The maximum absolute atomic E-state index is 13.6. The summed E-state index contributed by atoms with van der Waals surface area (Å²) in [5.74, 6) is 1.33. The van der Waals surface area contributed by atoms with Crippen LogP contribution in [0.5, 0.6) is 5.75 Å². The molecular formula is C28H35N3O3. The van der Waals surface area contributed by atoms with Crippen LogP contribution in [0.3, 0.4) is 0 Å². The topological polar surface area (TPSA) is 54.9 Å². The molecule has 1 aromatic heterocycles. The molecule has 6 nitrogen and oxygen atoms in total. The van der Waals surface area contributed by atoms with E-state index in [4.69, 9.17) is 9.47 Å². The van der Waals surface area contributed by atoms with E-state index in [1.54, 1.807) is 6.20 Å². The summed E-state index contributed by atoms with van der Waals surface area (Å²) in [5.41, 5.74) is 3.21. The van der Waals surface area contributed by atoms with Gasteiger partial charge in [0.1, 0.15) is 11.9 Å². The Morgan fingerprint density at radius 1 is 1.21 bits per heavy atom. The molecule has 0 unspecified atom stereocenters. The first kappa shape index (κ1) is 24.2. The number of pyridine rings is 1. The van der Waals surface area contributed by atoms with Gasteiger partial charge in [-0.3, -0.25) is 14.7 Å². The molecule has 1 amide bonds. The molecular weight excluding hydrogens is 426 g/mol. The molecule has 0 bridgehead atoms. The van der Waals surface area contributed by atoms with E-state index in [0.717, 1.165) is 40.9 Å². The number of aromatic nitrogens is 1. The fourth-order valence-electron chi connectivity index (χ4n) is 4.49. The third-order valence-corrected chi connectivity index (χ3v) is 6.03. The van der Waals surface area contributed by atoms with Gasteiger partial charge in [-0.1, -0.05) is 44.2 Å². The van der Waals surface area contributed by atoms with Crippen LogP contribution in [0.15, 0.2) is 60.8 Å². The van der Waals surface area contributed by atoms with Crippen LogP contribution < -0.4 is 4.74 Å². The third-order valence-electron chi connectivity index (χ3n) is 6.03. The SMILES string of the molecule is CCOc1ccccc1CN1CCO[C@@H](C(=O)N(Cc2ccc3ncccc3c2)CC(C)C)C1. The van der Waals surface area contributed by atoms with Crippen molar-refractivity contribution in [3.8, 4) is 5.75 Å². The molecule has 1 atom stereocenters. The van der Waals surface area contributed by atoms with Crippen molar-refractivity contribution in [3.05, 3.63) is 71.9 Å². The molecule has 1 fully saturated rings. The lowest BCUT2D eigenvalue weighted by atomic mass is 10.1. The van der Waals surface area contributed by atoms with E-state index >= 15 is 0 Å². The fourth-order valence-corrected chi connectivity index (χ4v) is 4.49. The van der Waals surface area contributed by atoms with E-state index in [1.165, 1.54) is 0 Å². The highest BCUT2D eigenvalue weighted by atomic mass is 16.5. The summed E-state index contributed by atoms with van der Waals surface area (Å²) in [6, 6.07) is 18.3. The maximum atomic E-state index is 13.6. The van der Waals surface area contributed by atoms with Gasteiger partial charge in [-0.25, -0.2) is 0 Å². The lowest BCUT2D eigenvalue weighted by Crippen LogP contribution is -2.51. The number of para-hydroxylation sites is 1. The number of rotatable bonds is 9. The van der Waals surface area contributed by atoms with Gasteiger partial charge in [0.05, 0.1) is 18.7 Å². The maximum Gasteiger partial charge on any atom is 0.253 e. The molecule has 1 aliphatic heterocycles.